The highest BCUT2D eigenvalue weighted by molar-refractivity contribution is 5.77. The number of benzene rings is 1. The van der Waals surface area contributed by atoms with Crippen molar-refractivity contribution in [3.8, 4) is 11.8 Å². The lowest BCUT2D eigenvalue weighted by molar-refractivity contribution is 0.715. The number of hydrogen-bond donors (Lipinski definition) is 0. The zero-order valence-corrected chi connectivity index (χ0v) is 8.19. The van der Waals surface area contributed by atoms with Gasteiger partial charge in [-0.25, -0.2) is 4.98 Å². The summed E-state index contributed by atoms with van der Waals surface area (Å²) in [7, 11) is 0. The summed E-state index contributed by atoms with van der Waals surface area (Å²) in [6.07, 6.45) is 0. The second-order valence-electron chi connectivity index (χ2n) is 3.54. The highest BCUT2D eigenvalue weighted by atomic mass is 16.1. The van der Waals surface area contributed by atoms with Gasteiger partial charge in [-0.2, -0.15) is 0 Å². The summed E-state index contributed by atoms with van der Waals surface area (Å²) in [5.41, 5.74) is 0.734. The normalized spacial score (nSPS) is 13.7. The van der Waals surface area contributed by atoms with E-state index in [-0.39, 0.29) is 11.6 Å². The van der Waals surface area contributed by atoms with Crippen molar-refractivity contribution in [2.24, 2.45) is 0 Å². The van der Waals surface area contributed by atoms with E-state index in [1.165, 1.54) is 0 Å². The van der Waals surface area contributed by atoms with Crippen LogP contribution in [0.1, 0.15) is 11.9 Å². The van der Waals surface area contributed by atoms with E-state index in [1.54, 1.807) is 10.6 Å². The first kappa shape index (κ1) is 8.25. The third-order valence-electron chi connectivity index (χ3n) is 2.52. The van der Waals surface area contributed by atoms with Crippen LogP contribution in [-0.4, -0.2) is 9.55 Å². The Kier molecular flexibility index (Phi) is 1.49. The lowest BCUT2D eigenvalue weighted by Crippen LogP contribution is -2.23. The predicted octanol–water partition coefficient (Wildman–Crippen LogP) is 1.26. The van der Waals surface area contributed by atoms with Crippen molar-refractivity contribution in [1.29, 1.82) is 0 Å². The predicted molar refractivity (Wildman–Crippen MR) is 57.6 cm³/mol. The number of aromatic nitrogens is 2. The summed E-state index contributed by atoms with van der Waals surface area (Å²) in [5.74, 6) is 6.45. The van der Waals surface area contributed by atoms with Gasteiger partial charge in [-0.3, -0.25) is 9.36 Å². The fourth-order valence-corrected chi connectivity index (χ4v) is 1.73. The Morgan fingerprint density at radius 3 is 2.80 bits per heavy atom. The van der Waals surface area contributed by atoms with Crippen LogP contribution in [0, 0.1) is 18.8 Å². The maximum absolute atomic E-state index is 12.1. The lowest BCUT2D eigenvalue weighted by Gasteiger charge is -2.07. The topological polar surface area (TPSA) is 34.9 Å². The van der Waals surface area contributed by atoms with Crippen molar-refractivity contribution in [1.82, 2.24) is 9.55 Å². The first-order valence-corrected chi connectivity index (χ1v) is 4.76. The maximum atomic E-state index is 12.1. The standard InChI is InChI=1S/C12H8N2O/c1-8-13-11-5-3-2-4-10(11)12(15)14(8)9-6-7-9/h2-5,9H,1H3. The average Bonchev–Trinajstić information content (AvgIpc) is 3.02. The molecule has 3 heteroatoms. The molecule has 3 nitrogen and oxygen atoms in total. The van der Waals surface area contributed by atoms with E-state index >= 15 is 0 Å². The van der Waals surface area contributed by atoms with E-state index in [0.717, 1.165) is 5.52 Å². The largest absolute Gasteiger partial charge is 0.270 e. The summed E-state index contributed by atoms with van der Waals surface area (Å²) in [5, 5.41) is 0.651. The number of para-hydroxylation sites is 1. The van der Waals surface area contributed by atoms with Gasteiger partial charge in [0.1, 0.15) is 5.82 Å². The molecule has 0 unspecified atom stereocenters. The monoisotopic (exact) mass is 196 g/mol. The Morgan fingerprint density at radius 1 is 1.33 bits per heavy atom. The van der Waals surface area contributed by atoms with Crippen LogP contribution in [0.4, 0.5) is 0 Å². The fourth-order valence-electron chi connectivity index (χ4n) is 1.73. The van der Waals surface area contributed by atoms with Crippen LogP contribution in [0.2, 0.25) is 0 Å². The highest BCUT2D eigenvalue weighted by Gasteiger charge is 2.18. The van der Waals surface area contributed by atoms with Gasteiger partial charge < -0.3 is 0 Å². The first-order chi connectivity index (χ1) is 7.27. The van der Waals surface area contributed by atoms with Gasteiger partial charge in [0.2, 0.25) is 0 Å². The molecule has 0 atom stereocenters. The summed E-state index contributed by atoms with van der Waals surface area (Å²) < 4.78 is 1.61. The van der Waals surface area contributed by atoms with Crippen LogP contribution < -0.4 is 5.56 Å². The minimum absolute atomic E-state index is 0.0133. The molecule has 1 aromatic heterocycles. The van der Waals surface area contributed by atoms with Crippen molar-refractivity contribution < 1.29 is 0 Å². The Bertz CT molecular complexity index is 665. The highest BCUT2D eigenvalue weighted by Crippen LogP contribution is 2.15. The van der Waals surface area contributed by atoms with Crippen molar-refractivity contribution >= 4 is 10.9 Å². The number of aryl methyl sites for hydroxylation is 1. The van der Waals surface area contributed by atoms with Crippen LogP contribution in [0.5, 0.6) is 0 Å². The van der Waals surface area contributed by atoms with Crippen LogP contribution in [0.3, 0.4) is 0 Å². The zero-order valence-electron chi connectivity index (χ0n) is 8.19. The van der Waals surface area contributed by atoms with Crippen molar-refractivity contribution in [2.45, 2.75) is 13.0 Å². The number of rotatable bonds is 1. The second-order valence-corrected chi connectivity index (χ2v) is 3.54. The van der Waals surface area contributed by atoms with E-state index < -0.39 is 0 Å². The first-order valence-electron chi connectivity index (χ1n) is 4.76. The molecular formula is C12H8N2O. The fraction of sp³-hybridized carbons (Fsp3) is 0.167. The summed E-state index contributed by atoms with van der Waals surface area (Å²) in [4.78, 5) is 16.5. The van der Waals surface area contributed by atoms with Gasteiger partial charge in [-0.05, 0) is 19.1 Å². The molecule has 1 heterocycles. The molecule has 0 aliphatic heterocycles. The Balaban J connectivity index is 2.42. The van der Waals surface area contributed by atoms with E-state index in [4.69, 9.17) is 0 Å². The molecule has 3 rings (SSSR count). The molecule has 72 valence electrons. The Hall–Kier alpha value is -2.08. The molecule has 0 spiro atoms. The summed E-state index contributed by atoms with van der Waals surface area (Å²) in [6.45, 7) is 1.83. The summed E-state index contributed by atoms with van der Waals surface area (Å²) in [6, 6.07) is 7.27. The van der Waals surface area contributed by atoms with Gasteiger partial charge in [0.25, 0.3) is 5.56 Å². The third-order valence-corrected chi connectivity index (χ3v) is 2.52. The van der Waals surface area contributed by atoms with Crippen LogP contribution in [0.15, 0.2) is 29.1 Å². The minimum Gasteiger partial charge on any atom is -0.270 e. The zero-order chi connectivity index (χ0) is 10.4. The van der Waals surface area contributed by atoms with Gasteiger partial charge >= 0.3 is 0 Å². The van der Waals surface area contributed by atoms with Crippen LogP contribution >= 0.6 is 0 Å². The van der Waals surface area contributed by atoms with Gasteiger partial charge in [-0.1, -0.05) is 24.0 Å². The quantitative estimate of drug-likeness (QED) is 0.643. The van der Waals surface area contributed by atoms with Gasteiger partial charge in [-0.15, -0.1) is 0 Å². The van der Waals surface area contributed by atoms with Gasteiger partial charge in [0, 0.05) is 0 Å². The summed E-state index contributed by atoms with van der Waals surface area (Å²) >= 11 is 0. The molecule has 0 N–H and O–H groups in total. The molecule has 1 aromatic carbocycles. The molecule has 2 aromatic rings. The van der Waals surface area contributed by atoms with Gasteiger partial charge in [0.15, 0.2) is 6.04 Å². The van der Waals surface area contributed by atoms with E-state index in [1.807, 2.05) is 25.1 Å². The minimum atomic E-state index is -0.102. The van der Waals surface area contributed by atoms with Crippen LogP contribution in [0.25, 0.3) is 10.9 Å². The van der Waals surface area contributed by atoms with E-state index in [0.29, 0.717) is 11.2 Å². The third kappa shape index (κ3) is 1.15. The molecule has 0 bridgehead atoms. The number of nitrogens with zero attached hydrogens (tertiary/aromatic N) is 2. The second kappa shape index (κ2) is 2.71. The molecule has 0 saturated heterocycles. The Morgan fingerprint density at radius 2 is 2.07 bits per heavy atom. The molecule has 0 amide bonds. The van der Waals surface area contributed by atoms with Crippen molar-refractivity contribution in [2.75, 3.05) is 0 Å². The maximum Gasteiger partial charge on any atom is 0.263 e. The molecule has 0 fully saturated rings. The van der Waals surface area contributed by atoms with Crippen molar-refractivity contribution in [3.05, 3.63) is 40.4 Å². The smallest absolute Gasteiger partial charge is 0.263 e. The SMILES string of the molecule is Cc1nc2ccccc2c(=O)n1C1C#C1. The molecule has 1 aliphatic carbocycles. The average molecular weight is 196 g/mol. The Labute approximate surface area is 86.4 Å². The van der Waals surface area contributed by atoms with E-state index in [9.17, 15) is 4.79 Å². The van der Waals surface area contributed by atoms with Crippen molar-refractivity contribution in [3.63, 3.8) is 0 Å². The number of fused-ring (bicyclic) bond motifs is 1. The molecule has 1 aliphatic rings. The van der Waals surface area contributed by atoms with E-state index in [2.05, 4.69) is 16.8 Å². The molecule has 0 radical (unpaired) electrons. The lowest BCUT2D eigenvalue weighted by atomic mass is 10.2. The molecular weight excluding hydrogens is 188 g/mol. The molecule has 0 saturated carbocycles. The van der Waals surface area contributed by atoms with Crippen LogP contribution in [-0.2, 0) is 0 Å². The van der Waals surface area contributed by atoms with Gasteiger partial charge in [0.05, 0.1) is 10.9 Å². The number of hydrogen-bond acceptors (Lipinski definition) is 2. The molecule has 15 heavy (non-hydrogen) atoms.